The van der Waals surface area contributed by atoms with Gasteiger partial charge in [0.2, 0.25) is 0 Å². The summed E-state index contributed by atoms with van der Waals surface area (Å²) in [4.78, 5) is 0. The normalized spacial score (nSPS) is 12.2. The number of hydrogen-bond donors (Lipinski definition) is 1. The number of methoxy groups -OCH3 is 1. The van der Waals surface area contributed by atoms with E-state index in [0.717, 1.165) is 16.9 Å². The van der Waals surface area contributed by atoms with E-state index in [2.05, 4.69) is 0 Å². The lowest BCUT2D eigenvalue weighted by Gasteiger charge is -2.14. The van der Waals surface area contributed by atoms with Crippen LogP contribution in [0.4, 0.5) is 4.39 Å². The number of aryl methyl sites for hydroxylation is 2. The summed E-state index contributed by atoms with van der Waals surface area (Å²) in [6, 6.07) is 12.7. The van der Waals surface area contributed by atoms with Crippen molar-refractivity contribution in [1.82, 2.24) is 0 Å². The lowest BCUT2D eigenvalue weighted by Crippen LogP contribution is -2.12. The highest BCUT2D eigenvalue weighted by atomic mass is 19.1. The molecule has 0 radical (unpaired) electrons. The molecule has 2 aromatic rings. The van der Waals surface area contributed by atoms with Gasteiger partial charge in [0, 0.05) is 6.04 Å². The molecule has 3 heteroatoms. The Morgan fingerprint density at radius 1 is 1.20 bits per heavy atom. The first-order valence-electron chi connectivity index (χ1n) is 6.75. The lowest BCUT2D eigenvalue weighted by atomic mass is 9.98. The van der Waals surface area contributed by atoms with Crippen molar-refractivity contribution in [3.63, 3.8) is 0 Å². The Hall–Kier alpha value is -1.87. The molecular weight excluding hydrogens is 253 g/mol. The summed E-state index contributed by atoms with van der Waals surface area (Å²) >= 11 is 0. The summed E-state index contributed by atoms with van der Waals surface area (Å²) in [6.45, 7) is 1.99. The number of benzene rings is 2. The zero-order chi connectivity index (χ0) is 14.5. The number of rotatable bonds is 5. The van der Waals surface area contributed by atoms with Crippen molar-refractivity contribution in [3.8, 4) is 5.75 Å². The van der Waals surface area contributed by atoms with E-state index in [0.29, 0.717) is 18.4 Å². The van der Waals surface area contributed by atoms with Gasteiger partial charge < -0.3 is 10.5 Å². The Kier molecular flexibility index (Phi) is 4.74. The van der Waals surface area contributed by atoms with E-state index in [1.807, 2.05) is 31.2 Å². The number of ether oxygens (including phenoxy) is 1. The third-order valence-corrected chi connectivity index (χ3v) is 3.53. The molecular formula is C17H20FNO. The second-order valence-corrected chi connectivity index (χ2v) is 4.97. The van der Waals surface area contributed by atoms with Crippen LogP contribution in [-0.4, -0.2) is 7.11 Å². The van der Waals surface area contributed by atoms with Crippen LogP contribution in [0, 0.1) is 12.7 Å². The molecule has 0 saturated heterocycles. The predicted octanol–water partition coefficient (Wildman–Crippen LogP) is 3.78. The maximum atomic E-state index is 13.5. The van der Waals surface area contributed by atoms with Crippen LogP contribution in [0.5, 0.6) is 5.75 Å². The van der Waals surface area contributed by atoms with Crippen LogP contribution in [0.2, 0.25) is 0 Å². The van der Waals surface area contributed by atoms with Crippen molar-refractivity contribution >= 4 is 0 Å². The first-order chi connectivity index (χ1) is 9.61. The predicted molar refractivity (Wildman–Crippen MR) is 79.4 cm³/mol. The van der Waals surface area contributed by atoms with E-state index in [1.54, 1.807) is 19.2 Å². The van der Waals surface area contributed by atoms with Gasteiger partial charge in [-0.05, 0) is 48.6 Å². The molecule has 0 aliphatic heterocycles. The fraction of sp³-hybridized carbons (Fsp3) is 0.294. The van der Waals surface area contributed by atoms with E-state index in [1.165, 1.54) is 6.07 Å². The molecule has 2 rings (SSSR count). The van der Waals surface area contributed by atoms with Gasteiger partial charge in [-0.3, -0.25) is 0 Å². The van der Waals surface area contributed by atoms with Crippen molar-refractivity contribution in [2.45, 2.75) is 25.8 Å². The van der Waals surface area contributed by atoms with Crippen molar-refractivity contribution in [3.05, 3.63) is 65.0 Å². The summed E-state index contributed by atoms with van der Waals surface area (Å²) in [7, 11) is 1.65. The fourth-order valence-electron chi connectivity index (χ4n) is 2.31. The minimum absolute atomic E-state index is 0.0980. The Labute approximate surface area is 119 Å². The smallest absolute Gasteiger partial charge is 0.126 e. The average molecular weight is 273 g/mol. The van der Waals surface area contributed by atoms with Crippen LogP contribution in [0.15, 0.2) is 42.5 Å². The zero-order valence-corrected chi connectivity index (χ0v) is 11.9. The molecule has 0 fully saturated rings. The van der Waals surface area contributed by atoms with Gasteiger partial charge in [0.25, 0.3) is 0 Å². The number of hydrogen-bond acceptors (Lipinski definition) is 2. The van der Waals surface area contributed by atoms with Gasteiger partial charge in [-0.25, -0.2) is 4.39 Å². The standard InChI is InChI=1S/C17H20FNO/c1-12-11-14(8-10-17(12)20-2)16(19)9-7-13-5-3-4-6-15(13)18/h3-6,8,10-11,16H,7,9,19H2,1-2H3. The van der Waals surface area contributed by atoms with Crippen molar-refractivity contribution < 1.29 is 9.13 Å². The zero-order valence-electron chi connectivity index (χ0n) is 11.9. The van der Waals surface area contributed by atoms with Crippen molar-refractivity contribution in [1.29, 1.82) is 0 Å². The van der Waals surface area contributed by atoms with Gasteiger partial charge in [-0.2, -0.15) is 0 Å². The van der Waals surface area contributed by atoms with Gasteiger partial charge in [0.05, 0.1) is 7.11 Å². The van der Waals surface area contributed by atoms with Gasteiger partial charge in [-0.1, -0.05) is 30.3 Å². The molecule has 0 spiro atoms. The molecule has 2 N–H and O–H groups in total. The lowest BCUT2D eigenvalue weighted by molar-refractivity contribution is 0.411. The first kappa shape index (κ1) is 14.5. The summed E-state index contributed by atoms with van der Waals surface area (Å²) in [6.07, 6.45) is 1.35. The van der Waals surface area contributed by atoms with Crippen molar-refractivity contribution in [2.75, 3.05) is 7.11 Å². The molecule has 2 nitrogen and oxygen atoms in total. The van der Waals surface area contributed by atoms with Crippen molar-refractivity contribution in [2.24, 2.45) is 5.73 Å². The largest absolute Gasteiger partial charge is 0.496 e. The van der Waals surface area contributed by atoms with E-state index < -0.39 is 0 Å². The summed E-state index contributed by atoms with van der Waals surface area (Å²) in [5.74, 6) is 0.695. The monoisotopic (exact) mass is 273 g/mol. The topological polar surface area (TPSA) is 35.2 Å². The summed E-state index contributed by atoms with van der Waals surface area (Å²) in [5, 5.41) is 0. The summed E-state index contributed by atoms with van der Waals surface area (Å²) < 4.78 is 18.8. The molecule has 106 valence electrons. The van der Waals surface area contributed by atoms with E-state index >= 15 is 0 Å². The third kappa shape index (κ3) is 3.36. The quantitative estimate of drug-likeness (QED) is 0.900. The Morgan fingerprint density at radius 2 is 1.95 bits per heavy atom. The molecule has 1 atom stereocenters. The van der Waals surface area contributed by atoms with Crippen LogP contribution in [-0.2, 0) is 6.42 Å². The fourth-order valence-corrected chi connectivity index (χ4v) is 2.31. The minimum atomic E-state index is -0.161. The third-order valence-electron chi connectivity index (χ3n) is 3.53. The maximum Gasteiger partial charge on any atom is 0.126 e. The number of halogens is 1. The van der Waals surface area contributed by atoms with Gasteiger partial charge >= 0.3 is 0 Å². The Morgan fingerprint density at radius 3 is 2.60 bits per heavy atom. The molecule has 0 saturated carbocycles. The molecule has 2 aromatic carbocycles. The minimum Gasteiger partial charge on any atom is -0.496 e. The van der Waals surface area contributed by atoms with E-state index in [9.17, 15) is 4.39 Å². The maximum absolute atomic E-state index is 13.5. The Bertz CT molecular complexity index is 583. The molecule has 20 heavy (non-hydrogen) atoms. The molecule has 0 heterocycles. The summed E-state index contributed by atoms with van der Waals surface area (Å²) in [5.41, 5.74) is 9.02. The molecule has 0 aliphatic carbocycles. The molecule has 1 unspecified atom stereocenters. The average Bonchev–Trinajstić information content (AvgIpc) is 2.46. The second kappa shape index (κ2) is 6.53. The first-order valence-corrected chi connectivity index (χ1v) is 6.75. The van der Waals surface area contributed by atoms with Crippen LogP contribution >= 0.6 is 0 Å². The van der Waals surface area contributed by atoms with E-state index in [-0.39, 0.29) is 11.9 Å². The van der Waals surface area contributed by atoms with Crippen LogP contribution in [0.25, 0.3) is 0 Å². The van der Waals surface area contributed by atoms with Gasteiger partial charge in [-0.15, -0.1) is 0 Å². The van der Waals surface area contributed by atoms with Gasteiger partial charge in [0.15, 0.2) is 0 Å². The van der Waals surface area contributed by atoms with E-state index in [4.69, 9.17) is 10.5 Å². The van der Waals surface area contributed by atoms with Crippen LogP contribution in [0.1, 0.15) is 29.2 Å². The molecule has 0 aromatic heterocycles. The molecule has 0 amide bonds. The number of nitrogens with two attached hydrogens (primary N) is 1. The molecule has 0 bridgehead atoms. The van der Waals surface area contributed by atoms with Gasteiger partial charge in [0.1, 0.15) is 11.6 Å². The second-order valence-electron chi connectivity index (χ2n) is 4.97. The molecule has 0 aliphatic rings. The Balaban J connectivity index is 2.03. The van der Waals surface area contributed by atoms with Crippen LogP contribution in [0.3, 0.4) is 0 Å². The van der Waals surface area contributed by atoms with Crippen LogP contribution < -0.4 is 10.5 Å². The highest BCUT2D eigenvalue weighted by Gasteiger charge is 2.10. The SMILES string of the molecule is COc1ccc(C(N)CCc2ccccc2F)cc1C. The highest BCUT2D eigenvalue weighted by Crippen LogP contribution is 2.24. The highest BCUT2D eigenvalue weighted by molar-refractivity contribution is 5.37.